The third-order valence-electron chi connectivity index (χ3n) is 1.47. The number of alkyl halides is 2. The molecule has 1 rings (SSSR count). The van der Waals surface area contributed by atoms with E-state index in [2.05, 4.69) is 4.98 Å². The molecule has 0 aliphatic carbocycles. The van der Waals surface area contributed by atoms with E-state index in [1.807, 2.05) is 0 Å². The van der Waals surface area contributed by atoms with Gasteiger partial charge in [0.15, 0.2) is 0 Å². The van der Waals surface area contributed by atoms with Crippen LogP contribution in [0.25, 0.3) is 0 Å². The number of halogens is 4. The molecule has 0 atom stereocenters. The average molecular weight is 227 g/mol. The maximum absolute atomic E-state index is 12.2. The van der Waals surface area contributed by atoms with Gasteiger partial charge in [0.1, 0.15) is 10.8 Å². The van der Waals surface area contributed by atoms with Gasteiger partial charge in [-0.2, -0.15) is 0 Å². The van der Waals surface area contributed by atoms with Crippen LogP contribution in [0.1, 0.15) is 17.7 Å². The molecule has 6 heteroatoms. The first-order valence-corrected chi connectivity index (χ1v) is 4.15. The molecule has 0 spiro atoms. The largest absolute Gasteiger partial charge is 0.326 e. The molecule has 0 aromatic carbocycles. The molecule has 2 N–H and O–H groups in total. The van der Waals surface area contributed by atoms with Crippen molar-refractivity contribution in [3.8, 4) is 0 Å². The highest BCUT2D eigenvalue weighted by atomic mass is 35.5. The standard InChI is InChI=1S/C7H6Cl2F2N2/c8-4-1-5(7(10)11)13-6(9)3(4)2-12/h1,7H,2,12H2. The quantitative estimate of drug-likeness (QED) is 0.789. The van der Waals surface area contributed by atoms with Gasteiger partial charge in [-0.15, -0.1) is 0 Å². The second kappa shape index (κ2) is 4.17. The summed E-state index contributed by atoms with van der Waals surface area (Å²) in [6.45, 7) is 0.0776. The molecule has 2 nitrogen and oxygen atoms in total. The number of nitrogens with two attached hydrogens (primary N) is 1. The summed E-state index contributed by atoms with van der Waals surface area (Å²) in [5.74, 6) is 0. The summed E-state index contributed by atoms with van der Waals surface area (Å²) in [5, 5.41) is 0.0584. The minimum atomic E-state index is -2.68. The van der Waals surface area contributed by atoms with Gasteiger partial charge in [0.2, 0.25) is 0 Å². The van der Waals surface area contributed by atoms with E-state index >= 15 is 0 Å². The molecule has 13 heavy (non-hydrogen) atoms. The number of hydrogen-bond acceptors (Lipinski definition) is 2. The van der Waals surface area contributed by atoms with E-state index in [4.69, 9.17) is 28.9 Å². The highest BCUT2D eigenvalue weighted by molar-refractivity contribution is 6.35. The lowest BCUT2D eigenvalue weighted by atomic mass is 10.2. The maximum Gasteiger partial charge on any atom is 0.280 e. The zero-order valence-electron chi connectivity index (χ0n) is 6.40. The molecule has 0 fully saturated rings. The molecule has 0 unspecified atom stereocenters. The van der Waals surface area contributed by atoms with E-state index in [9.17, 15) is 8.78 Å². The minimum Gasteiger partial charge on any atom is -0.326 e. The average Bonchev–Trinajstić information content (AvgIpc) is 2.03. The first kappa shape index (κ1) is 10.6. The van der Waals surface area contributed by atoms with Gasteiger partial charge in [-0.05, 0) is 6.07 Å². The Bertz CT molecular complexity index is 294. The monoisotopic (exact) mass is 226 g/mol. The van der Waals surface area contributed by atoms with Gasteiger partial charge in [-0.25, -0.2) is 13.8 Å². The number of nitrogens with zero attached hydrogens (tertiary/aromatic N) is 1. The normalized spacial score (nSPS) is 10.9. The number of rotatable bonds is 2. The smallest absolute Gasteiger partial charge is 0.280 e. The SMILES string of the molecule is NCc1c(Cl)cc(C(F)F)nc1Cl. The van der Waals surface area contributed by atoms with Crippen molar-refractivity contribution >= 4 is 23.2 Å². The topological polar surface area (TPSA) is 38.9 Å². The van der Waals surface area contributed by atoms with Gasteiger partial charge in [-0.1, -0.05) is 23.2 Å². The van der Waals surface area contributed by atoms with Gasteiger partial charge in [-0.3, -0.25) is 0 Å². The Balaban J connectivity index is 3.20. The van der Waals surface area contributed by atoms with Gasteiger partial charge >= 0.3 is 0 Å². The first-order chi connectivity index (χ1) is 6.06. The third-order valence-corrected chi connectivity index (χ3v) is 2.12. The van der Waals surface area contributed by atoms with Crippen LogP contribution in [-0.4, -0.2) is 4.98 Å². The Morgan fingerprint density at radius 2 is 2.08 bits per heavy atom. The van der Waals surface area contributed by atoms with Crippen molar-refractivity contribution in [2.45, 2.75) is 13.0 Å². The zero-order valence-corrected chi connectivity index (χ0v) is 7.91. The van der Waals surface area contributed by atoms with Crippen molar-refractivity contribution in [2.24, 2.45) is 5.73 Å². The van der Waals surface area contributed by atoms with Crippen molar-refractivity contribution in [1.82, 2.24) is 4.98 Å². The van der Waals surface area contributed by atoms with Crippen molar-refractivity contribution in [3.63, 3.8) is 0 Å². The summed E-state index contributed by atoms with van der Waals surface area (Å²) >= 11 is 11.2. The molecule has 1 aromatic heterocycles. The second-order valence-corrected chi connectivity index (χ2v) is 3.07. The van der Waals surface area contributed by atoms with E-state index in [1.54, 1.807) is 0 Å². The van der Waals surface area contributed by atoms with Crippen LogP contribution in [0.4, 0.5) is 8.78 Å². The molecular formula is C7H6Cl2F2N2. The zero-order chi connectivity index (χ0) is 10.0. The van der Waals surface area contributed by atoms with Crippen LogP contribution in [0.15, 0.2) is 6.07 Å². The Labute approximate surface area is 83.7 Å². The Morgan fingerprint density at radius 3 is 2.46 bits per heavy atom. The fourth-order valence-corrected chi connectivity index (χ4v) is 1.43. The van der Waals surface area contributed by atoms with Crippen molar-refractivity contribution < 1.29 is 8.78 Å². The van der Waals surface area contributed by atoms with Crippen LogP contribution in [-0.2, 0) is 6.54 Å². The van der Waals surface area contributed by atoms with Crippen molar-refractivity contribution in [1.29, 1.82) is 0 Å². The third kappa shape index (κ3) is 2.27. The summed E-state index contributed by atoms with van der Waals surface area (Å²) in [4.78, 5) is 3.46. The Hall–Kier alpha value is -0.450. The second-order valence-electron chi connectivity index (χ2n) is 2.30. The molecule has 1 aromatic rings. The first-order valence-electron chi connectivity index (χ1n) is 3.39. The van der Waals surface area contributed by atoms with Gasteiger partial charge < -0.3 is 5.73 Å². The lowest BCUT2D eigenvalue weighted by molar-refractivity contribution is 0.146. The molecular weight excluding hydrogens is 221 g/mol. The Kier molecular flexibility index (Phi) is 3.41. The molecule has 0 radical (unpaired) electrons. The molecule has 0 aliphatic rings. The van der Waals surface area contributed by atoms with Crippen LogP contribution in [0.3, 0.4) is 0 Å². The van der Waals surface area contributed by atoms with Crippen LogP contribution in [0.5, 0.6) is 0 Å². The van der Waals surface area contributed by atoms with Gasteiger partial charge in [0.05, 0.1) is 5.02 Å². The van der Waals surface area contributed by atoms with Crippen LogP contribution in [0, 0.1) is 0 Å². The molecule has 72 valence electrons. The van der Waals surface area contributed by atoms with E-state index < -0.39 is 12.1 Å². The molecule has 0 bridgehead atoms. The predicted octanol–water partition coefficient (Wildman–Crippen LogP) is 2.78. The lowest BCUT2D eigenvalue weighted by Gasteiger charge is -2.05. The Morgan fingerprint density at radius 1 is 1.46 bits per heavy atom. The molecule has 1 heterocycles. The van der Waals surface area contributed by atoms with Crippen molar-refractivity contribution in [2.75, 3.05) is 0 Å². The fourth-order valence-electron chi connectivity index (χ4n) is 0.822. The molecule has 0 aliphatic heterocycles. The highest BCUT2D eigenvalue weighted by Crippen LogP contribution is 2.27. The number of hydrogen-bond donors (Lipinski definition) is 1. The summed E-state index contributed by atoms with van der Waals surface area (Å²) in [6, 6.07) is 1.07. The molecule has 0 amide bonds. The van der Waals surface area contributed by atoms with Gasteiger partial charge in [0, 0.05) is 12.1 Å². The number of pyridine rings is 1. The van der Waals surface area contributed by atoms with E-state index in [1.165, 1.54) is 0 Å². The van der Waals surface area contributed by atoms with Crippen LogP contribution < -0.4 is 5.73 Å². The van der Waals surface area contributed by atoms with E-state index in [0.717, 1.165) is 6.07 Å². The minimum absolute atomic E-state index is 0.0645. The lowest BCUT2D eigenvalue weighted by Crippen LogP contribution is -2.02. The predicted molar refractivity (Wildman–Crippen MR) is 47.1 cm³/mol. The highest BCUT2D eigenvalue weighted by Gasteiger charge is 2.14. The number of aromatic nitrogens is 1. The fraction of sp³-hybridized carbons (Fsp3) is 0.286. The molecule has 0 saturated heterocycles. The van der Waals surface area contributed by atoms with Crippen LogP contribution in [0.2, 0.25) is 10.2 Å². The van der Waals surface area contributed by atoms with Crippen molar-refractivity contribution in [3.05, 3.63) is 27.5 Å². The summed E-state index contributed by atoms with van der Waals surface area (Å²) in [6.07, 6.45) is -2.68. The summed E-state index contributed by atoms with van der Waals surface area (Å²) in [7, 11) is 0. The van der Waals surface area contributed by atoms with E-state index in [0.29, 0.717) is 5.56 Å². The molecule has 0 saturated carbocycles. The van der Waals surface area contributed by atoms with Crippen LogP contribution >= 0.6 is 23.2 Å². The summed E-state index contributed by atoms with van der Waals surface area (Å²) in [5.41, 5.74) is 5.23. The maximum atomic E-state index is 12.2. The summed E-state index contributed by atoms with van der Waals surface area (Å²) < 4.78 is 24.3. The van der Waals surface area contributed by atoms with E-state index in [-0.39, 0.29) is 16.7 Å². The van der Waals surface area contributed by atoms with Gasteiger partial charge in [0.25, 0.3) is 6.43 Å².